The van der Waals surface area contributed by atoms with E-state index >= 15 is 0 Å². The predicted octanol–water partition coefficient (Wildman–Crippen LogP) is 1.27. The zero-order valence-corrected chi connectivity index (χ0v) is 8.40. The van der Waals surface area contributed by atoms with Crippen molar-refractivity contribution in [3.63, 3.8) is 0 Å². The minimum Gasteiger partial charge on any atom is -0.412 e. The van der Waals surface area contributed by atoms with E-state index in [4.69, 9.17) is 0 Å². The molecule has 2 rings (SSSR count). The van der Waals surface area contributed by atoms with Gasteiger partial charge < -0.3 is 5.48 Å². The topological polar surface area (TPSA) is 65.6 Å². The summed E-state index contributed by atoms with van der Waals surface area (Å²) < 4.78 is 0. The molecule has 2 N–H and O–H groups in total. The first-order valence-electron chi connectivity index (χ1n) is 4.89. The van der Waals surface area contributed by atoms with Crippen LogP contribution in [-0.2, 0) is 9.59 Å². The van der Waals surface area contributed by atoms with Gasteiger partial charge in [0.25, 0.3) is 0 Å². The van der Waals surface area contributed by atoms with Crippen molar-refractivity contribution in [2.75, 3.05) is 0 Å². The Labute approximate surface area is 88.4 Å². The Kier molecular flexibility index (Phi) is 3.74. The summed E-state index contributed by atoms with van der Waals surface area (Å²) in [5.41, 5.74) is 0.849. The Balaban J connectivity index is 0.00000112. The third-order valence-electron chi connectivity index (χ3n) is 2.62. The number of carbonyl (C=O) groups is 2. The van der Waals surface area contributed by atoms with Crippen LogP contribution in [0.2, 0.25) is 0 Å². The van der Waals surface area contributed by atoms with Gasteiger partial charge in [0.2, 0.25) is 0 Å². The maximum atomic E-state index is 11.6. The van der Waals surface area contributed by atoms with Crippen molar-refractivity contribution in [1.29, 1.82) is 0 Å². The van der Waals surface area contributed by atoms with E-state index in [1.165, 1.54) is 0 Å². The fraction of sp³-hybridized carbons (Fsp3) is 0.333. The minimum absolute atomic E-state index is 0. The molecule has 0 radical (unpaired) electrons. The standard InChI is InChI=1S/C12H12O2.H2O/c13-10-7-4-8-11(14)12(10)9-5-2-1-3-6-9;/h1-3,5-6,12H,4,7-8H2;1H2. The minimum atomic E-state index is -0.482. The first-order chi connectivity index (χ1) is 6.79. The van der Waals surface area contributed by atoms with E-state index in [9.17, 15) is 9.59 Å². The normalized spacial score (nSPS) is 17.3. The molecule has 0 amide bonds. The van der Waals surface area contributed by atoms with Crippen LogP contribution in [0.4, 0.5) is 0 Å². The molecule has 15 heavy (non-hydrogen) atoms. The van der Waals surface area contributed by atoms with E-state index in [0.717, 1.165) is 12.0 Å². The van der Waals surface area contributed by atoms with Crippen LogP contribution >= 0.6 is 0 Å². The van der Waals surface area contributed by atoms with Crippen molar-refractivity contribution >= 4 is 11.6 Å². The molecular weight excluding hydrogens is 192 g/mol. The van der Waals surface area contributed by atoms with Crippen molar-refractivity contribution in [1.82, 2.24) is 0 Å². The summed E-state index contributed by atoms with van der Waals surface area (Å²) in [6, 6.07) is 9.33. The summed E-state index contributed by atoms with van der Waals surface area (Å²) in [5, 5.41) is 0. The van der Waals surface area contributed by atoms with E-state index in [0.29, 0.717) is 12.8 Å². The summed E-state index contributed by atoms with van der Waals surface area (Å²) in [7, 11) is 0. The maximum absolute atomic E-state index is 11.6. The second-order valence-electron chi connectivity index (χ2n) is 3.63. The summed E-state index contributed by atoms with van der Waals surface area (Å²) >= 11 is 0. The summed E-state index contributed by atoms with van der Waals surface area (Å²) in [4.78, 5) is 23.2. The molecule has 1 aliphatic carbocycles. The van der Waals surface area contributed by atoms with Gasteiger partial charge in [-0.05, 0) is 12.0 Å². The molecule has 1 aliphatic rings. The Morgan fingerprint density at radius 3 is 2.00 bits per heavy atom. The quantitative estimate of drug-likeness (QED) is 0.649. The second kappa shape index (κ2) is 4.84. The van der Waals surface area contributed by atoms with Crippen LogP contribution in [0.15, 0.2) is 30.3 Å². The van der Waals surface area contributed by atoms with Gasteiger partial charge >= 0.3 is 0 Å². The fourth-order valence-corrected chi connectivity index (χ4v) is 1.92. The lowest BCUT2D eigenvalue weighted by molar-refractivity contribution is -0.131. The van der Waals surface area contributed by atoms with Crippen LogP contribution < -0.4 is 0 Å². The summed E-state index contributed by atoms with van der Waals surface area (Å²) in [6.45, 7) is 0. The molecular formula is C12H14O3. The van der Waals surface area contributed by atoms with Crippen molar-refractivity contribution in [2.45, 2.75) is 25.2 Å². The predicted molar refractivity (Wildman–Crippen MR) is 56.7 cm³/mol. The van der Waals surface area contributed by atoms with Gasteiger partial charge in [0, 0.05) is 12.8 Å². The van der Waals surface area contributed by atoms with Crippen molar-refractivity contribution in [3.8, 4) is 0 Å². The SMILES string of the molecule is O.O=C1CCCC(=O)C1c1ccccc1. The molecule has 0 aliphatic heterocycles. The number of benzene rings is 1. The molecule has 80 valence electrons. The van der Waals surface area contributed by atoms with Gasteiger partial charge in [-0.2, -0.15) is 0 Å². The van der Waals surface area contributed by atoms with Gasteiger partial charge in [0.15, 0.2) is 0 Å². The smallest absolute Gasteiger partial charge is 0.147 e. The van der Waals surface area contributed by atoms with Gasteiger partial charge in [-0.15, -0.1) is 0 Å². The average molecular weight is 206 g/mol. The number of Topliss-reactive ketones (excluding diaryl/α,β-unsaturated/α-hetero) is 2. The summed E-state index contributed by atoms with van der Waals surface area (Å²) in [5.74, 6) is -0.329. The van der Waals surface area contributed by atoms with Crippen molar-refractivity contribution in [2.24, 2.45) is 0 Å². The number of hydrogen-bond acceptors (Lipinski definition) is 2. The van der Waals surface area contributed by atoms with Crippen LogP contribution in [0.5, 0.6) is 0 Å². The number of rotatable bonds is 1. The molecule has 0 bridgehead atoms. The van der Waals surface area contributed by atoms with Crippen LogP contribution in [-0.4, -0.2) is 17.0 Å². The Morgan fingerprint density at radius 2 is 1.47 bits per heavy atom. The Morgan fingerprint density at radius 1 is 0.933 bits per heavy atom. The lowest BCUT2D eigenvalue weighted by Crippen LogP contribution is -2.26. The maximum Gasteiger partial charge on any atom is 0.147 e. The highest BCUT2D eigenvalue weighted by Gasteiger charge is 2.30. The van der Waals surface area contributed by atoms with Crippen molar-refractivity contribution in [3.05, 3.63) is 35.9 Å². The Bertz CT molecular complexity index is 340. The Hall–Kier alpha value is -1.48. The molecule has 1 saturated carbocycles. The first kappa shape index (κ1) is 11.6. The molecule has 0 heterocycles. The third-order valence-corrected chi connectivity index (χ3v) is 2.62. The van der Waals surface area contributed by atoms with Crippen LogP contribution in [0.25, 0.3) is 0 Å². The van der Waals surface area contributed by atoms with Gasteiger partial charge in [-0.1, -0.05) is 30.3 Å². The number of ketones is 2. The molecule has 0 atom stereocenters. The molecule has 0 spiro atoms. The van der Waals surface area contributed by atoms with Gasteiger partial charge in [0.05, 0.1) is 0 Å². The fourth-order valence-electron chi connectivity index (χ4n) is 1.92. The highest BCUT2D eigenvalue weighted by molar-refractivity contribution is 6.09. The largest absolute Gasteiger partial charge is 0.412 e. The highest BCUT2D eigenvalue weighted by Crippen LogP contribution is 2.26. The first-order valence-corrected chi connectivity index (χ1v) is 4.89. The zero-order valence-electron chi connectivity index (χ0n) is 8.40. The lowest BCUT2D eigenvalue weighted by Gasteiger charge is -2.19. The van der Waals surface area contributed by atoms with E-state index in [1.807, 2.05) is 30.3 Å². The van der Waals surface area contributed by atoms with E-state index in [2.05, 4.69) is 0 Å². The summed E-state index contributed by atoms with van der Waals surface area (Å²) in [6.07, 6.45) is 1.82. The van der Waals surface area contributed by atoms with E-state index in [1.54, 1.807) is 0 Å². The van der Waals surface area contributed by atoms with Crippen LogP contribution in [0.3, 0.4) is 0 Å². The molecule has 1 aromatic carbocycles. The molecule has 3 heteroatoms. The molecule has 1 fully saturated rings. The van der Waals surface area contributed by atoms with Crippen molar-refractivity contribution < 1.29 is 15.1 Å². The molecule has 0 aromatic heterocycles. The lowest BCUT2D eigenvalue weighted by atomic mass is 9.82. The molecule has 0 saturated heterocycles. The average Bonchev–Trinajstić information content (AvgIpc) is 2.19. The van der Waals surface area contributed by atoms with Crippen LogP contribution in [0.1, 0.15) is 30.7 Å². The van der Waals surface area contributed by atoms with Crippen LogP contribution in [0, 0.1) is 0 Å². The molecule has 0 unspecified atom stereocenters. The van der Waals surface area contributed by atoms with Gasteiger partial charge in [-0.3, -0.25) is 9.59 Å². The molecule has 1 aromatic rings. The van der Waals surface area contributed by atoms with E-state index < -0.39 is 5.92 Å². The third kappa shape index (κ3) is 2.30. The number of carbonyl (C=O) groups excluding carboxylic acids is 2. The van der Waals surface area contributed by atoms with Gasteiger partial charge in [-0.25, -0.2) is 0 Å². The van der Waals surface area contributed by atoms with Gasteiger partial charge in [0.1, 0.15) is 17.5 Å². The molecule has 3 nitrogen and oxygen atoms in total. The second-order valence-corrected chi connectivity index (χ2v) is 3.63. The highest BCUT2D eigenvalue weighted by atomic mass is 16.2. The monoisotopic (exact) mass is 206 g/mol. The van der Waals surface area contributed by atoms with E-state index in [-0.39, 0.29) is 17.0 Å². The zero-order chi connectivity index (χ0) is 9.97. The number of hydrogen-bond donors (Lipinski definition) is 0.